The molecular weight excluding hydrogens is 328 g/mol. The first-order valence-electron chi connectivity index (χ1n) is 7.81. The second-order valence-corrected chi connectivity index (χ2v) is 7.70. The van der Waals surface area contributed by atoms with Crippen LogP contribution in [-0.2, 0) is 4.79 Å². The molecule has 2 aliphatic rings. The van der Waals surface area contributed by atoms with Crippen LogP contribution in [0.2, 0.25) is 0 Å². The number of nitrogens with one attached hydrogen (secondary N) is 2. The van der Waals surface area contributed by atoms with Crippen molar-refractivity contribution in [1.82, 2.24) is 10.6 Å². The van der Waals surface area contributed by atoms with Crippen molar-refractivity contribution in [2.75, 3.05) is 19.6 Å². The molecule has 1 saturated heterocycles. The normalized spacial score (nSPS) is 27.1. The van der Waals surface area contributed by atoms with Crippen molar-refractivity contribution >= 4 is 21.8 Å². The summed E-state index contributed by atoms with van der Waals surface area (Å²) < 4.78 is 1.09. The van der Waals surface area contributed by atoms with Gasteiger partial charge in [-0.05, 0) is 61.4 Å². The van der Waals surface area contributed by atoms with Crippen LogP contribution < -0.4 is 10.6 Å². The minimum atomic E-state index is 0.171. The van der Waals surface area contributed by atoms with Gasteiger partial charge in [-0.25, -0.2) is 0 Å². The van der Waals surface area contributed by atoms with Crippen molar-refractivity contribution in [3.63, 3.8) is 0 Å². The predicted octanol–water partition coefficient (Wildman–Crippen LogP) is 3.06. The highest BCUT2D eigenvalue weighted by Gasteiger charge is 2.44. The summed E-state index contributed by atoms with van der Waals surface area (Å²) in [5, 5.41) is 6.57. The lowest BCUT2D eigenvalue weighted by molar-refractivity contribution is -0.123. The van der Waals surface area contributed by atoms with E-state index in [1.165, 1.54) is 5.56 Å². The molecule has 2 N–H and O–H groups in total. The average molecular weight is 351 g/mol. The van der Waals surface area contributed by atoms with Gasteiger partial charge in [-0.2, -0.15) is 0 Å². The predicted molar refractivity (Wildman–Crippen MR) is 88.2 cm³/mol. The number of benzene rings is 1. The second-order valence-electron chi connectivity index (χ2n) is 6.78. The van der Waals surface area contributed by atoms with Gasteiger partial charge in [0.1, 0.15) is 0 Å². The molecular formula is C17H23BrN2O. The maximum Gasteiger partial charge on any atom is 0.223 e. The quantitative estimate of drug-likeness (QED) is 0.876. The first-order valence-corrected chi connectivity index (χ1v) is 8.61. The Kier molecular flexibility index (Phi) is 4.36. The fraction of sp³-hybridized carbons (Fsp3) is 0.588. The van der Waals surface area contributed by atoms with Crippen LogP contribution in [0.25, 0.3) is 0 Å². The standard InChI is InChI=1S/C17H23BrN2O/c1-17(5-7-19-8-6-17)11-20-16(21)15-10-14(15)12-3-2-4-13(18)9-12/h2-4,9,14-15,19H,5-8,10-11H2,1H3,(H,20,21). The Balaban J connectivity index is 1.51. The molecule has 0 radical (unpaired) electrons. The van der Waals surface area contributed by atoms with Gasteiger partial charge in [-0.15, -0.1) is 0 Å². The molecule has 4 heteroatoms. The van der Waals surface area contributed by atoms with Gasteiger partial charge in [0.25, 0.3) is 0 Å². The van der Waals surface area contributed by atoms with Crippen LogP contribution in [0.4, 0.5) is 0 Å². The summed E-state index contributed by atoms with van der Waals surface area (Å²) in [5.41, 5.74) is 1.54. The highest BCUT2D eigenvalue weighted by atomic mass is 79.9. The van der Waals surface area contributed by atoms with E-state index in [1.54, 1.807) is 0 Å². The maximum atomic E-state index is 12.3. The maximum absolute atomic E-state index is 12.3. The Labute approximate surface area is 135 Å². The van der Waals surface area contributed by atoms with Crippen molar-refractivity contribution < 1.29 is 4.79 Å². The Morgan fingerprint density at radius 1 is 1.43 bits per heavy atom. The Morgan fingerprint density at radius 3 is 2.90 bits per heavy atom. The first kappa shape index (κ1) is 15.0. The van der Waals surface area contributed by atoms with Crippen LogP contribution in [0.1, 0.15) is 37.7 Å². The number of halogens is 1. The molecule has 0 aromatic heterocycles. The van der Waals surface area contributed by atoms with E-state index in [1.807, 2.05) is 12.1 Å². The lowest BCUT2D eigenvalue weighted by Gasteiger charge is -2.34. The number of amides is 1. The fourth-order valence-electron chi connectivity index (χ4n) is 3.23. The topological polar surface area (TPSA) is 41.1 Å². The van der Waals surface area contributed by atoms with Gasteiger partial charge in [-0.1, -0.05) is 35.0 Å². The Bertz CT molecular complexity index is 525. The first-order chi connectivity index (χ1) is 10.1. The van der Waals surface area contributed by atoms with Gasteiger partial charge in [-0.3, -0.25) is 4.79 Å². The number of hydrogen-bond acceptors (Lipinski definition) is 2. The Morgan fingerprint density at radius 2 is 2.19 bits per heavy atom. The molecule has 1 aromatic rings. The third-order valence-corrected chi connectivity index (χ3v) is 5.40. The van der Waals surface area contributed by atoms with Gasteiger partial charge in [0, 0.05) is 16.9 Å². The summed E-state index contributed by atoms with van der Waals surface area (Å²) in [6.45, 7) is 5.23. The second kappa shape index (κ2) is 6.09. The minimum Gasteiger partial charge on any atom is -0.355 e. The van der Waals surface area contributed by atoms with Crippen molar-refractivity contribution in [3.05, 3.63) is 34.3 Å². The molecule has 1 amide bonds. The van der Waals surface area contributed by atoms with E-state index in [-0.39, 0.29) is 17.2 Å². The molecule has 114 valence electrons. The largest absolute Gasteiger partial charge is 0.355 e. The third kappa shape index (κ3) is 3.67. The molecule has 21 heavy (non-hydrogen) atoms. The monoisotopic (exact) mass is 350 g/mol. The van der Waals surface area contributed by atoms with E-state index < -0.39 is 0 Å². The van der Waals surface area contributed by atoms with E-state index in [9.17, 15) is 4.79 Å². The molecule has 0 spiro atoms. The van der Waals surface area contributed by atoms with Crippen molar-refractivity contribution in [1.29, 1.82) is 0 Å². The lowest BCUT2D eigenvalue weighted by atomic mass is 9.81. The van der Waals surface area contributed by atoms with Crippen molar-refractivity contribution in [3.8, 4) is 0 Å². The third-order valence-electron chi connectivity index (χ3n) is 4.90. The zero-order valence-corrected chi connectivity index (χ0v) is 14.1. The van der Waals surface area contributed by atoms with E-state index in [2.05, 4.69) is 45.6 Å². The zero-order valence-electron chi connectivity index (χ0n) is 12.5. The number of carbonyl (C=O) groups is 1. The van der Waals surface area contributed by atoms with Gasteiger partial charge in [0.2, 0.25) is 5.91 Å². The van der Waals surface area contributed by atoms with Crippen molar-refractivity contribution in [2.45, 2.75) is 32.1 Å². The zero-order chi connectivity index (χ0) is 14.9. The van der Waals surface area contributed by atoms with Crippen LogP contribution in [0, 0.1) is 11.3 Å². The summed E-state index contributed by atoms with van der Waals surface area (Å²) in [6.07, 6.45) is 3.28. The summed E-state index contributed by atoms with van der Waals surface area (Å²) in [7, 11) is 0. The molecule has 1 aliphatic carbocycles. The number of rotatable bonds is 4. The highest BCUT2D eigenvalue weighted by molar-refractivity contribution is 9.10. The van der Waals surface area contributed by atoms with E-state index in [4.69, 9.17) is 0 Å². The average Bonchev–Trinajstić information content (AvgIpc) is 3.26. The molecule has 3 nitrogen and oxygen atoms in total. The van der Waals surface area contributed by atoms with Crippen LogP contribution in [0.3, 0.4) is 0 Å². The van der Waals surface area contributed by atoms with Gasteiger partial charge in [0.15, 0.2) is 0 Å². The number of hydrogen-bond donors (Lipinski definition) is 2. The van der Waals surface area contributed by atoms with Gasteiger partial charge < -0.3 is 10.6 Å². The highest BCUT2D eigenvalue weighted by Crippen LogP contribution is 2.48. The molecule has 2 unspecified atom stereocenters. The van der Waals surface area contributed by atoms with E-state index >= 15 is 0 Å². The molecule has 2 fully saturated rings. The number of carbonyl (C=O) groups excluding carboxylic acids is 1. The SMILES string of the molecule is CC1(CNC(=O)C2CC2c2cccc(Br)c2)CCNCC1. The molecule has 1 heterocycles. The fourth-order valence-corrected chi connectivity index (χ4v) is 3.65. The number of piperidine rings is 1. The van der Waals surface area contributed by atoms with Crippen LogP contribution in [0.5, 0.6) is 0 Å². The summed E-state index contributed by atoms with van der Waals surface area (Å²) in [5.74, 6) is 0.813. The van der Waals surface area contributed by atoms with Gasteiger partial charge >= 0.3 is 0 Å². The van der Waals surface area contributed by atoms with E-state index in [0.717, 1.165) is 43.4 Å². The molecule has 0 bridgehead atoms. The van der Waals surface area contributed by atoms with Crippen LogP contribution >= 0.6 is 15.9 Å². The van der Waals surface area contributed by atoms with Gasteiger partial charge in [0.05, 0.1) is 0 Å². The molecule has 1 aromatic carbocycles. The molecule has 2 atom stereocenters. The summed E-state index contributed by atoms with van der Waals surface area (Å²) in [6, 6.07) is 8.32. The molecule has 3 rings (SSSR count). The van der Waals surface area contributed by atoms with Crippen LogP contribution in [-0.4, -0.2) is 25.5 Å². The van der Waals surface area contributed by atoms with Crippen molar-refractivity contribution in [2.24, 2.45) is 11.3 Å². The molecule has 1 saturated carbocycles. The lowest BCUT2D eigenvalue weighted by Crippen LogP contribution is -2.43. The summed E-state index contributed by atoms with van der Waals surface area (Å²) in [4.78, 5) is 12.3. The Hall–Kier alpha value is -0.870. The summed E-state index contributed by atoms with van der Waals surface area (Å²) >= 11 is 3.50. The van der Waals surface area contributed by atoms with Crippen LogP contribution in [0.15, 0.2) is 28.7 Å². The smallest absolute Gasteiger partial charge is 0.223 e. The molecule has 1 aliphatic heterocycles. The minimum absolute atomic E-state index is 0.171. The van der Waals surface area contributed by atoms with E-state index in [0.29, 0.717) is 5.92 Å².